The Hall–Kier alpha value is -1.50. The summed E-state index contributed by atoms with van der Waals surface area (Å²) < 4.78 is 11.4. The Balaban J connectivity index is 1.90. The summed E-state index contributed by atoms with van der Waals surface area (Å²) in [5, 5.41) is 6.94. The van der Waals surface area contributed by atoms with Gasteiger partial charge in [-0.2, -0.15) is 0 Å². The first-order valence-corrected chi connectivity index (χ1v) is 11.2. The minimum Gasteiger partial charge on any atom is -0.450 e. The monoisotopic (exact) mass is 396 g/mol. The predicted octanol–water partition coefficient (Wildman–Crippen LogP) is 3.29. The lowest BCUT2D eigenvalue weighted by atomic mass is 9.84. The van der Waals surface area contributed by atoms with Crippen LogP contribution in [0.2, 0.25) is 0 Å². The van der Waals surface area contributed by atoms with Gasteiger partial charge in [0.15, 0.2) is 5.96 Å². The lowest BCUT2D eigenvalue weighted by molar-refractivity contribution is -0.0624. The average Bonchev–Trinajstić information content (AvgIpc) is 2.72. The maximum atomic E-state index is 11.9. The third-order valence-corrected chi connectivity index (χ3v) is 5.61. The van der Waals surface area contributed by atoms with Crippen molar-refractivity contribution in [2.75, 3.05) is 39.4 Å². The first-order valence-electron chi connectivity index (χ1n) is 11.2. The number of hydrogen-bond acceptors (Lipinski definition) is 4. The van der Waals surface area contributed by atoms with Crippen molar-refractivity contribution in [3.05, 3.63) is 0 Å². The van der Waals surface area contributed by atoms with Gasteiger partial charge in [0.1, 0.15) is 0 Å². The van der Waals surface area contributed by atoms with E-state index in [0.29, 0.717) is 19.2 Å². The molecule has 2 fully saturated rings. The third kappa shape index (κ3) is 7.15. The van der Waals surface area contributed by atoms with Crippen molar-refractivity contribution in [3.8, 4) is 0 Å². The zero-order valence-corrected chi connectivity index (χ0v) is 18.1. The van der Waals surface area contributed by atoms with Crippen LogP contribution in [0.4, 0.5) is 4.79 Å². The summed E-state index contributed by atoms with van der Waals surface area (Å²) in [6.45, 7) is 10.3. The Morgan fingerprint density at radius 1 is 1.14 bits per heavy atom. The molecule has 7 heteroatoms. The molecule has 0 bridgehead atoms. The van der Waals surface area contributed by atoms with Gasteiger partial charge in [-0.1, -0.05) is 26.2 Å². The molecular weight excluding hydrogens is 356 g/mol. The van der Waals surface area contributed by atoms with Gasteiger partial charge in [0.25, 0.3) is 0 Å². The molecule has 1 heterocycles. The fraction of sp³-hybridized carbons (Fsp3) is 0.905. The van der Waals surface area contributed by atoms with Crippen LogP contribution in [0.5, 0.6) is 0 Å². The van der Waals surface area contributed by atoms with Crippen LogP contribution in [-0.2, 0) is 9.47 Å². The molecule has 0 aromatic carbocycles. The van der Waals surface area contributed by atoms with Gasteiger partial charge in [0, 0.05) is 32.3 Å². The Bertz CT molecular complexity index is 484. The van der Waals surface area contributed by atoms with Gasteiger partial charge in [-0.25, -0.2) is 4.79 Å². The summed E-state index contributed by atoms with van der Waals surface area (Å²) >= 11 is 0. The molecule has 7 nitrogen and oxygen atoms in total. The number of carbonyl (C=O) groups excluding carboxylic acids is 1. The van der Waals surface area contributed by atoms with E-state index in [1.165, 1.54) is 19.3 Å². The lowest BCUT2D eigenvalue weighted by Crippen LogP contribution is -2.50. The highest BCUT2D eigenvalue weighted by Crippen LogP contribution is 2.32. The molecule has 0 aromatic rings. The van der Waals surface area contributed by atoms with Gasteiger partial charge in [0.2, 0.25) is 0 Å². The number of likely N-dealkylation sites (tertiary alicyclic amines) is 1. The van der Waals surface area contributed by atoms with E-state index in [1.807, 2.05) is 6.92 Å². The van der Waals surface area contributed by atoms with E-state index >= 15 is 0 Å². The summed E-state index contributed by atoms with van der Waals surface area (Å²) in [5.74, 6) is 0.863. The van der Waals surface area contributed by atoms with Gasteiger partial charge in [-0.05, 0) is 46.0 Å². The molecule has 0 aromatic heterocycles. The smallest absolute Gasteiger partial charge is 0.409 e. The van der Waals surface area contributed by atoms with E-state index < -0.39 is 0 Å². The second-order valence-corrected chi connectivity index (χ2v) is 7.89. The maximum Gasteiger partial charge on any atom is 0.409 e. The van der Waals surface area contributed by atoms with Gasteiger partial charge in [-0.3, -0.25) is 4.99 Å². The Morgan fingerprint density at radius 3 is 2.46 bits per heavy atom. The van der Waals surface area contributed by atoms with Crippen LogP contribution in [0.25, 0.3) is 0 Å². The van der Waals surface area contributed by atoms with Crippen LogP contribution >= 0.6 is 0 Å². The fourth-order valence-electron chi connectivity index (χ4n) is 4.02. The van der Waals surface area contributed by atoms with Crippen LogP contribution in [0, 0.1) is 0 Å². The molecule has 1 aliphatic carbocycles. The molecule has 28 heavy (non-hydrogen) atoms. The van der Waals surface area contributed by atoms with E-state index in [1.54, 1.807) is 4.90 Å². The van der Waals surface area contributed by atoms with Gasteiger partial charge < -0.3 is 25.0 Å². The molecule has 2 rings (SSSR count). The van der Waals surface area contributed by atoms with Crippen molar-refractivity contribution in [1.29, 1.82) is 0 Å². The van der Waals surface area contributed by atoms with Crippen LogP contribution in [0.1, 0.15) is 72.1 Å². The molecule has 2 aliphatic rings. The van der Waals surface area contributed by atoms with Crippen molar-refractivity contribution in [1.82, 2.24) is 15.5 Å². The zero-order chi connectivity index (χ0) is 20.2. The predicted molar refractivity (Wildman–Crippen MR) is 113 cm³/mol. The SMILES string of the molecule is CCCOC1(CN=C(NCC)NC2CCN(C(=O)OCC)CC2)CCCCC1. The molecule has 1 saturated heterocycles. The molecule has 1 saturated carbocycles. The number of hydrogen-bond donors (Lipinski definition) is 2. The number of carbonyl (C=O) groups is 1. The minimum absolute atomic E-state index is 0.0934. The van der Waals surface area contributed by atoms with Crippen molar-refractivity contribution >= 4 is 12.1 Å². The van der Waals surface area contributed by atoms with Crippen molar-refractivity contribution in [3.63, 3.8) is 0 Å². The first kappa shape index (κ1) is 22.8. The molecular formula is C21H40N4O3. The number of ether oxygens (including phenoxy) is 2. The van der Waals surface area contributed by atoms with E-state index in [9.17, 15) is 4.79 Å². The number of rotatable bonds is 8. The zero-order valence-electron chi connectivity index (χ0n) is 18.1. The molecule has 0 unspecified atom stereocenters. The summed E-state index contributed by atoms with van der Waals surface area (Å²) in [5.41, 5.74) is -0.0934. The van der Waals surface area contributed by atoms with E-state index in [2.05, 4.69) is 24.5 Å². The van der Waals surface area contributed by atoms with Crippen molar-refractivity contribution < 1.29 is 14.3 Å². The normalized spacial score (nSPS) is 20.7. The lowest BCUT2D eigenvalue weighted by Gasteiger charge is -2.36. The van der Waals surface area contributed by atoms with Crippen LogP contribution < -0.4 is 10.6 Å². The average molecular weight is 397 g/mol. The molecule has 1 aliphatic heterocycles. The standard InChI is InChI=1S/C21H40N4O3/c1-4-16-28-21(12-8-7-9-13-21)17-23-19(22-5-2)24-18-10-14-25(15-11-18)20(26)27-6-3/h18H,4-17H2,1-3H3,(H2,22,23,24). The fourth-order valence-corrected chi connectivity index (χ4v) is 4.02. The van der Waals surface area contributed by atoms with Crippen LogP contribution in [-0.4, -0.2) is 68.0 Å². The maximum absolute atomic E-state index is 11.9. The molecule has 162 valence electrons. The largest absolute Gasteiger partial charge is 0.450 e. The van der Waals surface area contributed by atoms with E-state index in [4.69, 9.17) is 14.5 Å². The van der Waals surface area contributed by atoms with E-state index in [-0.39, 0.29) is 11.7 Å². The summed E-state index contributed by atoms with van der Waals surface area (Å²) in [4.78, 5) is 18.6. The molecule has 1 amide bonds. The highest BCUT2D eigenvalue weighted by Gasteiger charge is 2.33. The minimum atomic E-state index is -0.200. The van der Waals surface area contributed by atoms with Crippen LogP contribution in [0.15, 0.2) is 4.99 Å². The van der Waals surface area contributed by atoms with Gasteiger partial charge >= 0.3 is 6.09 Å². The highest BCUT2D eigenvalue weighted by molar-refractivity contribution is 5.80. The Labute approximate surface area is 170 Å². The van der Waals surface area contributed by atoms with Gasteiger partial charge in [-0.15, -0.1) is 0 Å². The third-order valence-electron chi connectivity index (χ3n) is 5.61. The number of nitrogens with zero attached hydrogens (tertiary/aromatic N) is 2. The molecule has 0 spiro atoms. The number of piperidine rings is 1. The number of nitrogens with one attached hydrogen (secondary N) is 2. The number of aliphatic imine (C=N–C) groups is 1. The quantitative estimate of drug-likeness (QED) is 0.486. The molecule has 0 atom stereocenters. The van der Waals surface area contributed by atoms with E-state index in [0.717, 1.165) is 64.3 Å². The second-order valence-electron chi connectivity index (χ2n) is 7.89. The summed E-state index contributed by atoms with van der Waals surface area (Å²) in [6.07, 6.45) is 8.63. The van der Waals surface area contributed by atoms with Gasteiger partial charge in [0.05, 0.1) is 18.8 Å². The number of guanidine groups is 1. The Kier molecular flexibility index (Phi) is 9.88. The van der Waals surface area contributed by atoms with Crippen LogP contribution in [0.3, 0.4) is 0 Å². The topological polar surface area (TPSA) is 75.2 Å². The summed E-state index contributed by atoms with van der Waals surface area (Å²) in [7, 11) is 0. The first-order chi connectivity index (χ1) is 13.6. The summed E-state index contributed by atoms with van der Waals surface area (Å²) in [6, 6.07) is 0.322. The number of amides is 1. The highest BCUT2D eigenvalue weighted by atomic mass is 16.6. The molecule has 2 N–H and O–H groups in total. The van der Waals surface area contributed by atoms with Crippen molar-refractivity contribution in [2.45, 2.75) is 83.8 Å². The molecule has 0 radical (unpaired) electrons. The van der Waals surface area contributed by atoms with Crippen molar-refractivity contribution in [2.24, 2.45) is 4.99 Å². The second kappa shape index (κ2) is 12.1. The Morgan fingerprint density at radius 2 is 1.86 bits per heavy atom.